The summed E-state index contributed by atoms with van der Waals surface area (Å²) in [4.78, 5) is 32.3. The molecule has 0 unspecified atom stereocenters. The number of ether oxygens (including phenoxy) is 1. The minimum absolute atomic E-state index is 0.0277. The smallest absolute Gasteiger partial charge is 0.263 e. The van der Waals surface area contributed by atoms with E-state index in [2.05, 4.69) is 25.5 Å². The minimum atomic E-state index is -0.492. The molecule has 2 heterocycles. The third kappa shape index (κ3) is 5.28. The Hall–Kier alpha value is -2.91. The van der Waals surface area contributed by atoms with Gasteiger partial charge in [-0.05, 0) is 18.2 Å². The maximum absolute atomic E-state index is 12.2. The van der Waals surface area contributed by atoms with Gasteiger partial charge in [0, 0.05) is 18.2 Å². The molecule has 0 atom stereocenters. The molecule has 0 saturated carbocycles. The van der Waals surface area contributed by atoms with Crippen molar-refractivity contribution in [3.63, 3.8) is 0 Å². The number of methoxy groups -OCH3 is 1. The zero-order chi connectivity index (χ0) is 19.1. The number of nitrogens with zero attached hydrogens (tertiary/aromatic N) is 2. The van der Waals surface area contributed by atoms with Crippen molar-refractivity contribution < 1.29 is 9.53 Å². The van der Waals surface area contributed by atoms with Gasteiger partial charge < -0.3 is 15.0 Å². The van der Waals surface area contributed by atoms with Crippen LogP contribution in [-0.4, -0.2) is 33.2 Å². The second kappa shape index (κ2) is 9.15. The van der Waals surface area contributed by atoms with Gasteiger partial charge >= 0.3 is 0 Å². The molecule has 0 bridgehead atoms. The fourth-order valence-corrected chi connectivity index (χ4v) is 3.13. The van der Waals surface area contributed by atoms with Crippen LogP contribution in [0.5, 0.6) is 0 Å². The average molecular weight is 385 g/mol. The SMILES string of the molecule is COCc1cc(CNC(=O)c2cnc(CSc3ccccc3)[nH]c2=O)[nH]n1. The molecule has 3 rings (SSSR count). The van der Waals surface area contributed by atoms with Gasteiger partial charge in [0.15, 0.2) is 0 Å². The van der Waals surface area contributed by atoms with Gasteiger partial charge in [-0.15, -0.1) is 11.8 Å². The number of nitrogens with one attached hydrogen (secondary N) is 3. The summed E-state index contributed by atoms with van der Waals surface area (Å²) in [5, 5.41) is 9.52. The van der Waals surface area contributed by atoms with Crippen LogP contribution in [0.25, 0.3) is 0 Å². The van der Waals surface area contributed by atoms with Gasteiger partial charge in [-0.3, -0.25) is 14.7 Å². The molecular weight excluding hydrogens is 366 g/mol. The lowest BCUT2D eigenvalue weighted by Gasteiger charge is -2.05. The topological polar surface area (TPSA) is 113 Å². The van der Waals surface area contributed by atoms with Crippen molar-refractivity contribution in [2.24, 2.45) is 0 Å². The van der Waals surface area contributed by atoms with E-state index in [0.717, 1.165) is 16.3 Å². The van der Waals surface area contributed by atoms with Gasteiger partial charge in [0.2, 0.25) is 0 Å². The third-order valence-corrected chi connectivity index (χ3v) is 4.65. The zero-order valence-corrected chi connectivity index (χ0v) is 15.5. The summed E-state index contributed by atoms with van der Waals surface area (Å²) in [5.41, 5.74) is 0.966. The Kier molecular flexibility index (Phi) is 6.39. The molecular formula is C18H19N5O3S. The van der Waals surface area contributed by atoms with Crippen LogP contribution in [0.4, 0.5) is 0 Å². The molecule has 27 heavy (non-hydrogen) atoms. The van der Waals surface area contributed by atoms with Gasteiger partial charge in [-0.1, -0.05) is 18.2 Å². The number of rotatable bonds is 8. The van der Waals surface area contributed by atoms with E-state index in [1.165, 1.54) is 6.20 Å². The number of aromatic nitrogens is 4. The molecule has 0 aliphatic rings. The molecule has 0 saturated heterocycles. The summed E-state index contributed by atoms with van der Waals surface area (Å²) < 4.78 is 4.99. The Morgan fingerprint density at radius 1 is 1.30 bits per heavy atom. The number of benzene rings is 1. The van der Waals surface area contributed by atoms with Crippen LogP contribution in [0.3, 0.4) is 0 Å². The lowest BCUT2D eigenvalue weighted by Crippen LogP contribution is -2.30. The van der Waals surface area contributed by atoms with Crippen molar-refractivity contribution in [3.05, 3.63) is 75.7 Å². The van der Waals surface area contributed by atoms with Crippen molar-refractivity contribution in [2.75, 3.05) is 7.11 Å². The normalized spacial score (nSPS) is 10.7. The summed E-state index contributed by atoms with van der Waals surface area (Å²) in [5.74, 6) is 0.537. The van der Waals surface area contributed by atoms with Crippen LogP contribution >= 0.6 is 11.8 Å². The highest BCUT2D eigenvalue weighted by Crippen LogP contribution is 2.19. The van der Waals surface area contributed by atoms with Gasteiger partial charge in [0.1, 0.15) is 11.4 Å². The molecule has 1 amide bonds. The van der Waals surface area contributed by atoms with Crippen LogP contribution in [0.15, 0.2) is 52.3 Å². The van der Waals surface area contributed by atoms with E-state index >= 15 is 0 Å². The van der Waals surface area contributed by atoms with E-state index in [0.29, 0.717) is 18.2 Å². The van der Waals surface area contributed by atoms with Crippen LogP contribution in [0.2, 0.25) is 0 Å². The summed E-state index contributed by atoms with van der Waals surface area (Å²) in [6.07, 6.45) is 1.30. The number of amides is 1. The maximum atomic E-state index is 12.2. The van der Waals surface area contributed by atoms with Gasteiger partial charge in [-0.2, -0.15) is 5.10 Å². The summed E-state index contributed by atoms with van der Waals surface area (Å²) in [6.45, 7) is 0.608. The molecule has 0 aliphatic carbocycles. The van der Waals surface area contributed by atoms with E-state index in [1.54, 1.807) is 24.9 Å². The number of hydrogen-bond donors (Lipinski definition) is 3. The second-order valence-electron chi connectivity index (χ2n) is 5.67. The standard InChI is InChI=1S/C18H19N5O3S/c1-26-10-13-7-12(22-23-13)8-20-17(24)15-9-19-16(21-18(15)25)11-27-14-5-3-2-4-6-14/h2-7,9H,8,10-11H2,1H3,(H,20,24)(H,22,23)(H,19,21,25). The summed E-state index contributed by atoms with van der Waals surface area (Å²) in [7, 11) is 1.58. The van der Waals surface area contributed by atoms with E-state index in [1.807, 2.05) is 30.3 Å². The van der Waals surface area contributed by atoms with Crippen LogP contribution in [0.1, 0.15) is 27.6 Å². The molecule has 0 fully saturated rings. The first-order chi connectivity index (χ1) is 13.2. The fraction of sp³-hybridized carbons (Fsp3) is 0.222. The molecule has 0 aliphatic heterocycles. The quantitative estimate of drug-likeness (QED) is 0.510. The number of hydrogen-bond acceptors (Lipinski definition) is 6. The minimum Gasteiger partial charge on any atom is -0.378 e. The molecule has 9 heteroatoms. The van der Waals surface area contributed by atoms with E-state index in [9.17, 15) is 9.59 Å². The lowest BCUT2D eigenvalue weighted by atomic mass is 10.3. The van der Waals surface area contributed by atoms with Crippen LogP contribution < -0.4 is 10.9 Å². The first kappa shape index (κ1) is 18.9. The van der Waals surface area contributed by atoms with Crippen molar-refractivity contribution in [2.45, 2.75) is 23.8 Å². The summed E-state index contributed by atoms with van der Waals surface area (Å²) in [6, 6.07) is 11.6. The predicted octanol–water partition coefficient (Wildman–Crippen LogP) is 1.86. The van der Waals surface area contributed by atoms with E-state index in [4.69, 9.17) is 4.74 Å². The number of H-pyrrole nitrogens is 2. The largest absolute Gasteiger partial charge is 0.378 e. The van der Waals surface area contributed by atoms with Gasteiger partial charge in [0.05, 0.1) is 30.3 Å². The fourth-order valence-electron chi connectivity index (χ4n) is 2.33. The van der Waals surface area contributed by atoms with Gasteiger partial charge in [-0.25, -0.2) is 4.98 Å². The predicted molar refractivity (Wildman–Crippen MR) is 101 cm³/mol. The Bertz CT molecular complexity index is 955. The third-order valence-electron chi connectivity index (χ3n) is 3.63. The molecule has 3 aromatic rings. The monoisotopic (exact) mass is 385 g/mol. The first-order valence-electron chi connectivity index (χ1n) is 8.22. The highest BCUT2D eigenvalue weighted by atomic mass is 32.2. The highest BCUT2D eigenvalue weighted by Gasteiger charge is 2.12. The molecule has 3 N–H and O–H groups in total. The van der Waals surface area contributed by atoms with E-state index < -0.39 is 11.5 Å². The second-order valence-corrected chi connectivity index (χ2v) is 6.72. The van der Waals surface area contributed by atoms with Crippen molar-refractivity contribution >= 4 is 17.7 Å². The van der Waals surface area contributed by atoms with E-state index in [-0.39, 0.29) is 12.1 Å². The molecule has 1 aromatic carbocycles. The van der Waals surface area contributed by atoms with Crippen LogP contribution in [0, 0.1) is 0 Å². The number of carbonyl (C=O) groups excluding carboxylic acids is 1. The molecule has 0 spiro atoms. The Morgan fingerprint density at radius 2 is 2.11 bits per heavy atom. The number of thioether (sulfide) groups is 1. The zero-order valence-electron chi connectivity index (χ0n) is 14.7. The lowest BCUT2D eigenvalue weighted by molar-refractivity contribution is 0.0948. The number of carbonyl (C=O) groups is 1. The van der Waals surface area contributed by atoms with Crippen molar-refractivity contribution in [1.29, 1.82) is 0 Å². The highest BCUT2D eigenvalue weighted by molar-refractivity contribution is 7.98. The van der Waals surface area contributed by atoms with Gasteiger partial charge in [0.25, 0.3) is 11.5 Å². The molecule has 140 valence electrons. The number of aromatic amines is 2. The van der Waals surface area contributed by atoms with Crippen LogP contribution in [-0.2, 0) is 23.6 Å². The first-order valence-corrected chi connectivity index (χ1v) is 9.20. The molecule has 2 aromatic heterocycles. The van der Waals surface area contributed by atoms with Crippen molar-refractivity contribution in [1.82, 2.24) is 25.5 Å². The Morgan fingerprint density at radius 3 is 2.85 bits per heavy atom. The summed E-state index contributed by atoms with van der Waals surface area (Å²) >= 11 is 1.56. The molecule has 0 radical (unpaired) electrons. The maximum Gasteiger partial charge on any atom is 0.263 e. The Labute approximate surface area is 159 Å². The van der Waals surface area contributed by atoms with Crippen molar-refractivity contribution in [3.8, 4) is 0 Å². The Balaban J connectivity index is 1.57. The molecule has 8 nitrogen and oxygen atoms in total. The average Bonchev–Trinajstić information content (AvgIpc) is 3.13.